The van der Waals surface area contributed by atoms with Crippen molar-refractivity contribution in [3.05, 3.63) is 29.6 Å². The fourth-order valence-electron chi connectivity index (χ4n) is 1.66. The molecule has 100 valence electrons. The molecule has 1 rings (SSSR count). The van der Waals surface area contributed by atoms with Gasteiger partial charge in [-0.2, -0.15) is 0 Å². The molecule has 0 spiro atoms. The van der Waals surface area contributed by atoms with E-state index in [2.05, 4.69) is 19.2 Å². The largest absolute Gasteiger partial charge is 0.507 e. The van der Waals surface area contributed by atoms with Crippen molar-refractivity contribution < 1.29 is 14.3 Å². The highest BCUT2D eigenvalue weighted by Crippen LogP contribution is 2.17. The Morgan fingerprint density at radius 1 is 1.39 bits per heavy atom. The van der Waals surface area contributed by atoms with Gasteiger partial charge in [0.1, 0.15) is 11.6 Å². The topological polar surface area (TPSA) is 49.3 Å². The van der Waals surface area contributed by atoms with Crippen molar-refractivity contribution in [3.8, 4) is 5.75 Å². The summed E-state index contributed by atoms with van der Waals surface area (Å²) in [5.41, 5.74) is -0.0149. The summed E-state index contributed by atoms with van der Waals surface area (Å²) in [4.78, 5) is 11.7. The average Bonchev–Trinajstić information content (AvgIpc) is 2.31. The standard InChI is InChI=1S/C14H20FNO2/c1-10(2)5-3-4-8-16-14(18)12-9-11(15)6-7-13(12)17/h6-7,9-10,17H,3-5,8H2,1-2H3,(H,16,18). The normalized spacial score (nSPS) is 10.7. The van der Waals surface area contributed by atoms with Gasteiger partial charge in [-0.15, -0.1) is 0 Å². The van der Waals surface area contributed by atoms with E-state index in [1.807, 2.05) is 0 Å². The van der Waals surface area contributed by atoms with E-state index in [0.717, 1.165) is 31.4 Å². The van der Waals surface area contributed by atoms with Gasteiger partial charge in [0, 0.05) is 6.54 Å². The second kappa shape index (κ2) is 6.99. The monoisotopic (exact) mass is 253 g/mol. The molecule has 0 heterocycles. The third kappa shape index (κ3) is 4.73. The molecule has 0 saturated heterocycles. The van der Waals surface area contributed by atoms with E-state index < -0.39 is 11.7 Å². The molecule has 0 aliphatic rings. The lowest BCUT2D eigenvalue weighted by atomic mass is 10.1. The van der Waals surface area contributed by atoms with Gasteiger partial charge in [-0.25, -0.2) is 4.39 Å². The van der Waals surface area contributed by atoms with Crippen LogP contribution in [0.1, 0.15) is 43.5 Å². The van der Waals surface area contributed by atoms with Gasteiger partial charge in [-0.1, -0.05) is 26.7 Å². The summed E-state index contributed by atoms with van der Waals surface area (Å²) in [6.45, 7) is 4.86. The van der Waals surface area contributed by atoms with Crippen LogP contribution in [0.2, 0.25) is 0 Å². The molecule has 0 atom stereocenters. The van der Waals surface area contributed by atoms with Gasteiger partial charge >= 0.3 is 0 Å². The number of carbonyl (C=O) groups is 1. The lowest BCUT2D eigenvalue weighted by molar-refractivity contribution is 0.0949. The first-order chi connectivity index (χ1) is 8.50. The van der Waals surface area contributed by atoms with E-state index in [0.29, 0.717) is 12.5 Å². The zero-order chi connectivity index (χ0) is 13.5. The van der Waals surface area contributed by atoms with Crippen molar-refractivity contribution in [2.75, 3.05) is 6.54 Å². The summed E-state index contributed by atoms with van der Waals surface area (Å²) in [5.74, 6) is -0.502. The highest BCUT2D eigenvalue weighted by Gasteiger charge is 2.11. The summed E-state index contributed by atoms with van der Waals surface area (Å²) < 4.78 is 12.9. The van der Waals surface area contributed by atoms with Gasteiger partial charge in [-0.05, 0) is 30.5 Å². The highest BCUT2D eigenvalue weighted by molar-refractivity contribution is 5.96. The Bertz CT molecular complexity index is 405. The van der Waals surface area contributed by atoms with Crippen LogP contribution in [0.15, 0.2) is 18.2 Å². The number of halogens is 1. The lowest BCUT2D eigenvalue weighted by Crippen LogP contribution is -2.24. The summed E-state index contributed by atoms with van der Waals surface area (Å²) in [7, 11) is 0. The number of benzene rings is 1. The molecule has 0 saturated carbocycles. The Hall–Kier alpha value is -1.58. The Balaban J connectivity index is 2.39. The van der Waals surface area contributed by atoms with Crippen LogP contribution in [0, 0.1) is 11.7 Å². The van der Waals surface area contributed by atoms with Gasteiger partial charge in [0.15, 0.2) is 0 Å². The van der Waals surface area contributed by atoms with Crippen LogP contribution in [-0.4, -0.2) is 17.6 Å². The Morgan fingerprint density at radius 3 is 2.78 bits per heavy atom. The molecule has 4 heteroatoms. The minimum atomic E-state index is -0.530. The molecule has 0 fully saturated rings. The van der Waals surface area contributed by atoms with E-state index in [1.54, 1.807) is 0 Å². The zero-order valence-electron chi connectivity index (χ0n) is 10.9. The molecule has 1 aromatic rings. The number of phenols is 1. The Labute approximate surface area is 107 Å². The molecule has 0 aromatic heterocycles. The first-order valence-corrected chi connectivity index (χ1v) is 6.27. The molecule has 1 amide bonds. The van der Waals surface area contributed by atoms with Gasteiger partial charge in [-0.3, -0.25) is 4.79 Å². The van der Waals surface area contributed by atoms with Gasteiger partial charge in [0.25, 0.3) is 5.91 Å². The maximum atomic E-state index is 12.9. The SMILES string of the molecule is CC(C)CCCCNC(=O)c1cc(F)ccc1O. The number of unbranched alkanes of at least 4 members (excludes halogenated alkanes) is 1. The van der Waals surface area contributed by atoms with Crippen molar-refractivity contribution in [1.29, 1.82) is 0 Å². The predicted molar refractivity (Wildman–Crippen MR) is 69.1 cm³/mol. The summed E-state index contributed by atoms with van der Waals surface area (Å²) in [6, 6.07) is 3.34. The summed E-state index contributed by atoms with van der Waals surface area (Å²) in [5, 5.41) is 12.1. The van der Waals surface area contributed by atoms with E-state index in [1.165, 1.54) is 6.07 Å². The molecule has 2 N–H and O–H groups in total. The van der Waals surface area contributed by atoms with Gasteiger partial charge in [0.2, 0.25) is 0 Å². The average molecular weight is 253 g/mol. The van der Waals surface area contributed by atoms with Crippen molar-refractivity contribution >= 4 is 5.91 Å². The molecule has 18 heavy (non-hydrogen) atoms. The van der Waals surface area contributed by atoms with E-state index in [-0.39, 0.29) is 11.3 Å². The van der Waals surface area contributed by atoms with Crippen molar-refractivity contribution in [3.63, 3.8) is 0 Å². The summed E-state index contributed by atoms with van der Waals surface area (Å²) in [6.07, 6.45) is 3.06. The van der Waals surface area contributed by atoms with Crippen LogP contribution >= 0.6 is 0 Å². The minimum absolute atomic E-state index is 0.0149. The van der Waals surface area contributed by atoms with Crippen LogP contribution in [-0.2, 0) is 0 Å². The van der Waals surface area contributed by atoms with Crippen molar-refractivity contribution in [1.82, 2.24) is 5.32 Å². The molecule has 0 aliphatic heterocycles. The smallest absolute Gasteiger partial charge is 0.255 e. The number of hydrogen-bond acceptors (Lipinski definition) is 2. The third-order valence-electron chi connectivity index (χ3n) is 2.70. The number of rotatable bonds is 6. The number of aromatic hydroxyl groups is 1. The first-order valence-electron chi connectivity index (χ1n) is 6.27. The number of amides is 1. The molecule has 1 aromatic carbocycles. The van der Waals surface area contributed by atoms with Crippen LogP contribution < -0.4 is 5.32 Å². The van der Waals surface area contributed by atoms with Gasteiger partial charge in [0.05, 0.1) is 5.56 Å². The number of carbonyl (C=O) groups excluding carboxylic acids is 1. The lowest BCUT2D eigenvalue weighted by Gasteiger charge is -2.07. The maximum Gasteiger partial charge on any atom is 0.255 e. The highest BCUT2D eigenvalue weighted by atomic mass is 19.1. The van der Waals surface area contributed by atoms with Crippen molar-refractivity contribution in [2.24, 2.45) is 5.92 Å². The fourth-order valence-corrected chi connectivity index (χ4v) is 1.66. The quantitative estimate of drug-likeness (QED) is 0.765. The Morgan fingerprint density at radius 2 is 2.11 bits per heavy atom. The Kier molecular flexibility index (Phi) is 5.62. The van der Waals surface area contributed by atoms with Crippen LogP contribution in [0.3, 0.4) is 0 Å². The number of hydrogen-bond donors (Lipinski definition) is 2. The van der Waals surface area contributed by atoms with E-state index in [4.69, 9.17) is 0 Å². The minimum Gasteiger partial charge on any atom is -0.507 e. The second-order valence-electron chi connectivity index (χ2n) is 4.81. The molecule has 0 radical (unpaired) electrons. The fraction of sp³-hybridized carbons (Fsp3) is 0.500. The number of phenolic OH excluding ortho intramolecular Hbond substituents is 1. The molecule has 3 nitrogen and oxygen atoms in total. The maximum absolute atomic E-state index is 12.9. The van der Waals surface area contributed by atoms with Gasteiger partial charge < -0.3 is 10.4 Å². The van der Waals surface area contributed by atoms with E-state index >= 15 is 0 Å². The predicted octanol–water partition coefficient (Wildman–Crippen LogP) is 3.09. The van der Waals surface area contributed by atoms with E-state index in [9.17, 15) is 14.3 Å². The molecular formula is C14H20FNO2. The van der Waals surface area contributed by atoms with Crippen LogP contribution in [0.25, 0.3) is 0 Å². The summed E-state index contributed by atoms with van der Waals surface area (Å²) >= 11 is 0. The molecule has 0 unspecified atom stereocenters. The zero-order valence-corrected chi connectivity index (χ0v) is 10.9. The first kappa shape index (κ1) is 14.5. The third-order valence-corrected chi connectivity index (χ3v) is 2.70. The molecule has 0 bridgehead atoms. The van der Waals surface area contributed by atoms with Crippen molar-refractivity contribution in [2.45, 2.75) is 33.1 Å². The second-order valence-corrected chi connectivity index (χ2v) is 4.81. The number of nitrogens with one attached hydrogen (secondary N) is 1. The van der Waals surface area contributed by atoms with Crippen LogP contribution in [0.4, 0.5) is 4.39 Å². The molecule has 0 aliphatic carbocycles. The van der Waals surface area contributed by atoms with Crippen LogP contribution in [0.5, 0.6) is 5.75 Å². The molecular weight excluding hydrogens is 233 g/mol.